The fourth-order valence-corrected chi connectivity index (χ4v) is 16.2. The molecule has 0 aromatic heterocycles. The van der Waals surface area contributed by atoms with Crippen molar-refractivity contribution in [3.63, 3.8) is 0 Å². The van der Waals surface area contributed by atoms with Gasteiger partial charge in [0.05, 0.1) is 26.4 Å². The zero-order chi connectivity index (χ0) is 95.0. The fourth-order valence-electron chi connectivity index (χ4n) is 14.7. The summed E-state index contributed by atoms with van der Waals surface area (Å²) in [5, 5.41) is 20.8. The van der Waals surface area contributed by atoms with Crippen molar-refractivity contribution in [3.05, 3.63) is 182 Å². The summed E-state index contributed by atoms with van der Waals surface area (Å²) in [5.74, 6) is -1.56. The van der Waals surface area contributed by atoms with Crippen molar-refractivity contribution in [1.82, 2.24) is 0 Å². The Morgan fingerprint density at radius 2 is 0.405 bits per heavy atom. The molecule has 0 heterocycles. The van der Waals surface area contributed by atoms with Crippen LogP contribution in [0.5, 0.6) is 0 Å². The molecule has 0 aliphatic rings. The predicted octanol–water partition coefficient (Wildman–Crippen LogP) is 33.9. The molecule has 5 atom stereocenters. The number of rotatable bonds is 100. The first-order chi connectivity index (χ1) is 64.2. The van der Waals surface area contributed by atoms with Crippen LogP contribution in [-0.2, 0) is 55.8 Å². The van der Waals surface area contributed by atoms with Gasteiger partial charge in [0.15, 0.2) is 6.10 Å². The van der Waals surface area contributed by atoms with Gasteiger partial charge in [-0.3, -0.25) is 32.5 Å². The molecule has 752 valence electrons. The van der Waals surface area contributed by atoms with Gasteiger partial charge in [0.25, 0.3) is 0 Å². The molecular formula is C113H194O16P2. The lowest BCUT2D eigenvalue weighted by atomic mass is 10.0. The van der Waals surface area contributed by atoms with Gasteiger partial charge >= 0.3 is 33.6 Å². The molecule has 0 fully saturated rings. The lowest BCUT2D eigenvalue weighted by Crippen LogP contribution is -2.30. The van der Waals surface area contributed by atoms with Crippen molar-refractivity contribution < 1.29 is 75.8 Å². The van der Waals surface area contributed by atoms with Crippen molar-refractivity contribution in [2.75, 3.05) is 39.6 Å². The lowest BCUT2D eigenvalue weighted by molar-refractivity contribution is -0.161. The topological polar surface area (TPSA) is 231 Å². The summed E-state index contributed by atoms with van der Waals surface area (Å²) in [7, 11) is -9.82. The van der Waals surface area contributed by atoms with Crippen molar-refractivity contribution in [3.8, 4) is 0 Å². The minimum atomic E-state index is -4.95. The highest BCUT2D eigenvalue weighted by molar-refractivity contribution is 7.47. The zero-order valence-corrected chi connectivity index (χ0v) is 85.2. The third-order valence-electron chi connectivity index (χ3n) is 22.6. The van der Waals surface area contributed by atoms with E-state index < -0.39 is 91.5 Å². The van der Waals surface area contributed by atoms with Gasteiger partial charge in [0.1, 0.15) is 25.4 Å². The van der Waals surface area contributed by atoms with Crippen molar-refractivity contribution in [2.45, 2.75) is 476 Å². The van der Waals surface area contributed by atoms with Gasteiger partial charge in [0.2, 0.25) is 0 Å². The number of phosphoric ester groups is 2. The van der Waals surface area contributed by atoms with Gasteiger partial charge in [-0.2, -0.15) is 0 Å². The summed E-state index contributed by atoms with van der Waals surface area (Å²) in [4.78, 5) is 59.3. The van der Waals surface area contributed by atoms with Crippen molar-refractivity contribution in [1.29, 1.82) is 0 Å². The maximum absolute atomic E-state index is 13.1. The van der Waals surface area contributed by atoms with Gasteiger partial charge in [-0.05, 0) is 161 Å². The molecule has 0 spiro atoms. The molecule has 0 saturated carbocycles. The molecule has 0 aromatic carbocycles. The number of carbonyl (C=O) groups is 3. The highest BCUT2D eigenvalue weighted by atomic mass is 31.2. The number of aliphatic hydroxyl groups is 2. The van der Waals surface area contributed by atoms with E-state index in [2.05, 4.69) is 203 Å². The molecule has 18 heteroatoms. The summed E-state index contributed by atoms with van der Waals surface area (Å²) in [6.07, 6.45) is 138. The van der Waals surface area contributed by atoms with E-state index in [1.54, 1.807) is 0 Å². The maximum Gasteiger partial charge on any atom is 0.472 e. The number of carbonyl (C=O) groups excluding carboxylic acids is 3. The Morgan fingerprint density at radius 3 is 0.641 bits per heavy atom. The van der Waals surface area contributed by atoms with Gasteiger partial charge in [-0.25, -0.2) is 9.13 Å². The number of allylic oxidation sites excluding steroid dienone is 30. The van der Waals surface area contributed by atoms with E-state index in [0.29, 0.717) is 19.3 Å². The Bertz CT molecular complexity index is 3110. The molecule has 0 aliphatic carbocycles. The monoisotopic (exact) mass is 1870 g/mol. The van der Waals surface area contributed by atoms with Crippen LogP contribution in [0.25, 0.3) is 0 Å². The summed E-state index contributed by atoms with van der Waals surface area (Å²) in [6.45, 7) is 2.51. The molecule has 16 nitrogen and oxygen atoms in total. The number of unbranched alkanes of at least 4 members (excludes halogenated alkanes) is 47. The van der Waals surface area contributed by atoms with Crippen LogP contribution in [0, 0.1) is 0 Å². The molecule has 131 heavy (non-hydrogen) atoms. The molecule has 0 bridgehead atoms. The van der Waals surface area contributed by atoms with Crippen molar-refractivity contribution >= 4 is 33.6 Å². The van der Waals surface area contributed by atoms with Gasteiger partial charge in [0, 0.05) is 19.3 Å². The molecule has 0 aromatic rings. The highest BCUT2D eigenvalue weighted by Gasteiger charge is 2.30. The Morgan fingerprint density at radius 1 is 0.221 bits per heavy atom. The van der Waals surface area contributed by atoms with E-state index in [1.165, 1.54) is 231 Å². The van der Waals surface area contributed by atoms with Crippen LogP contribution < -0.4 is 0 Å². The molecule has 0 amide bonds. The molecule has 0 rings (SSSR count). The first kappa shape index (κ1) is 126. The molecular weight excluding hydrogens is 1680 g/mol. The van der Waals surface area contributed by atoms with E-state index in [4.69, 9.17) is 32.3 Å². The van der Waals surface area contributed by atoms with Crippen LogP contribution in [0.15, 0.2) is 182 Å². The van der Waals surface area contributed by atoms with Crippen LogP contribution in [0.2, 0.25) is 0 Å². The number of aliphatic hydroxyl groups excluding tert-OH is 2. The number of hydrogen-bond donors (Lipinski definition) is 4. The number of ether oxygens (including phenoxy) is 3. The first-order valence-corrected chi connectivity index (χ1v) is 56.1. The Hall–Kier alpha value is -5.35. The Labute approximate surface area is 802 Å². The average molecular weight is 1870 g/mol. The van der Waals surface area contributed by atoms with Gasteiger partial charge < -0.3 is 34.2 Å². The molecule has 4 N–H and O–H groups in total. The summed E-state index contributed by atoms with van der Waals surface area (Å²) in [5.41, 5.74) is 0. The second-order valence-electron chi connectivity index (χ2n) is 35.3. The number of hydrogen-bond acceptors (Lipinski definition) is 14. The number of phosphoric acid groups is 2. The summed E-state index contributed by atoms with van der Waals surface area (Å²) < 4.78 is 61.8. The van der Waals surface area contributed by atoms with Crippen LogP contribution in [0.3, 0.4) is 0 Å². The lowest BCUT2D eigenvalue weighted by Gasteiger charge is -2.21. The summed E-state index contributed by atoms with van der Waals surface area (Å²) in [6, 6.07) is 0. The zero-order valence-electron chi connectivity index (χ0n) is 83.5. The smallest absolute Gasteiger partial charge is 0.463 e. The number of esters is 3. The fraction of sp³-hybridized carbons (Fsp3) is 0.708. The Kier molecular flexibility index (Phi) is 99.3. The van der Waals surface area contributed by atoms with Crippen LogP contribution in [0.1, 0.15) is 457 Å². The molecule has 0 radical (unpaired) electrons. The van der Waals surface area contributed by atoms with Crippen LogP contribution in [-0.4, -0.2) is 95.9 Å². The largest absolute Gasteiger partial charge is 0.472 e. The normalized spacial score (nSPS) is 14.3. The second kappa shape index (κ2) is 104. The second-order valence-corrected chi connectivity index (χ2v) is 38.2. The highest BCUT2D eigenvalue weighted by Crippen LogP contribution is 2.45. The molecule has 5 unspecified atom stereocenters. The van der Waals surface area contributed by atoms with E-state index in [9.17, 15) is 43.5 Å². The minimum absolute atomic E-state index is 0.101. The third-order valence-corrected chi connectivity index (χ3v) is 24.5. The quantitative estimate of drug-likeness (QED) is 0.0146. The molecule has 0 aliphatic heterocycles. The van der Waals surface area contributed by atoms with E-state index in [0.717, 1.165) is 167 Å². The third kappa shape index (κ3) is 105. The van der Waals surface area contributed by atoms with Gasteiger partial charge in [-0.15, -0.1) is 0 Å². The SMILES string of the molecule is CC/C=C\C/C=C\C/C=C\C/C=C\C/C=C\C/C=C\CCCCCCCCCCCCCCCCC(=O)OCC(O)COP(=O)(O)OCC(O)COP(=O)(O)OCC(COC(=O)CCCCCCCCCCCCCCCCCCC/C=C\C/C=C\C/C=C\C/C=C\C/C=C\CC)OC(=O)CCCCCCCCCCCCCCC/C=C\C/C=C\C/C=C\C/C=C\CCCCC. The van der Waals surface area contributed by atoms with E-state index in [-0.39, 0.29) is 19.3 Å². The van der Waals surface area contributed by atoms with E-state index >= 15 is 0 Å². The van der Waals surface area contributed by atoms with Crippen LogP contribution >= 0.6 is 15.6 Å². The van der Waals surface area contributed by atoms with Crippen LogP contribution in [0.4, 0.5) is 0 Å². The van der Waals surface area contributed by atoms with Crippen molar-refractivity contribution in [2.24, 2.45) is 0 Å². The minimum Gasteiger partial charge on any atom is -0.463 e. The molecule has 0 saturated heterocycles. The maximum atomic E-state index is 13.1. The van der Waals surface area contributed by atoms with Gasteiger partial charge in [-0.1, -0.05) is 460 Å². The first-order valence-electron chi connectivity index (χ1n) is 53.1. The Balaban J connectivity index is 4.61. The predicted molar refractivity (Wildman–Crippen MR) is 555 cm³/mol. The average Bonchev–Trinajstić information content (AvgIpc) is 0.899. The summed E-state index contributed by atoms with van der Waals surface area (Å²) >= 11 is 0. The standard InChI is InChI=1S/C113H194O16P2/c1-4-7-10-13-16-19-22-25-28-31-34-37-40-43-46-49-51-53-55-58-60-63-66-69-72-75-78-81-84-87-90-93-96-99-111(116)123-102-108(114)103-125-130(119,120)126-104-109(115)105-127-131(121,122)128-107-110(129-113(118)101-98-95-92-89-86-83-80-77-74-71-68-65-62-57-48-45-42-39-36-33-30-27-24-21-18-15-12-9-6-3)106-124-112(117)100-97-94-91-88-85-82-79-76-73-70-67-64-61-59-56-54-52-50-47-44-41-38-35-32-29-26-23-20-17-14-11-8-5-2/h7-8,10-11,16-21,25-30,34-39,43-48,51,53,108-110,114-115H,4-6,9,12-15,22-24,31-33,40-42,49-50,52,54-107H2,1-3H3,(H,119,120)(H,121,122)/b10-7-,11-8-,19-16-,20-17-,21-18-,28-25-,29-26-,30-27-,37-34-,38-35-,39-36-,46-43-,47-44-,48-45-,53-51-. The van der Waals surface area contributed by atoms with E-state index in [1.807, 2.05) is 0 Å².